The van der Waals surface area contributed by atoms with Gasteiger partial charge < -0.3 is 4.74 Å². The van der Waals surface area contributed by atoms with Gasteiger partial charge in [0.05, 0.1) is 6.61 Å². The summed E-state index contributed by atoms with van der Waals surface area (Å²) in [4.78, 5) is 0. The highest BCUT2D eigenvalue weighted by molar-refractivity contribution is 6.33. The smallest absolute Gasteiger partial charge is 0.120 e. The van der Waals surface area contributed by atoms with Crippen LogP contribution >= 0.6 is 11.6 Å². The molecule has 0 bridgehead atoms. The topological polar surface area (TPSA) is 9.23 Å². The second-order valence-corrected chi connectivity index (χ2v) is 3.36. The van der Waals surface area contributed by atoms with E-state index in [9.17, 15) is 0 Å². The van der Waals surface area contributed by atoms with Crippen molar-refractivity contribution in [1.82, 2.24) is 0 Å². The molecule has 69 valence electrons. The lowest BCUT2D eigenvalue weighted by molar-refractivity contribution is 0.340. The Balaban J connectivity index is 2.53. The minimum Gasteiger partial charge on any atom is -0.494 e. The lowest BCUT2D eigenvalue weighted by Gasteiger charge is -2.06. The molecule has 0 N–H and O–H groups in total. The number of rotatable bonds is 4. The van der Waals surface area contributed by atoms with Crippen molar-refractivity contribution >= 4 is 18.9 Å². The molecule has 1 radical (unpaired) electrons. The van der Waals surface area contributed by atoms with E-state index in [0.29, 0.717) is 0 Å². The van der Waals surface area contributed by atoms with Gasteiger partial charge in [0.2, 0.25) is 0 Å². The number of hydrogen-bond donors (Lipinski definition) is 0. The normalized spacial score (nSPS) is 9.77. The monoisotopic (exact) mass is 195 g/mol. The molecule has 0 aliphatic carbocycles. The summed E-state index contributed by atoms with van der Waals surface area (Å²) < 4.78 is 5.47. The van der Waals surface area contributed by atoms with Crippen LogP contribution < -0.4 is 4.74 Å². The van der Waals surface area contributed by atoms with E-state index >= 15 is 0 Å². The summed E-state index contributed by atoms with van der Waals surface area (Å²) in [5.74, 6) is 0.845. The van der Waals surface area contributed by atoms with Crippen LogP contribution in [0, 0.1) is 6.92 Å². The number of ether oxygens (including phenoxy) is 1. The Hall–Kier alpha value is -0.625. The summed E-state index contributed by atoms with van der Waals surface area (Å²) in [6.07, 6.45) is 0.964. The predicted octanol–water partition coefficient (Wildman–Crippen LogP) is 3.20. The molecule has 0 atom stereocenters. The first-order valence-electron chi connectivity index (χ1n) is 4.41. The zero-order valence-electron chi connectivity index (χ0n) is 8.01. The molecule has 13 heavy (non-hydrogen) atoms. The van der Waals surface area contributed by atoms with Crippen molar-refractivity contribution in [3.63, 3.8) is 0 Å². The molecule has 1 aromatic rings. The Labute approximate surface area is 85.3 Å². The average Bonchev–Trinajstić information content (AvgIpc) is 2.12. The van der Waals surface area contributed by atoms with Gasteiger partial charge in [-0.25, -0.2) is 0 Å². The SMILES string of the molecule is C[B]CCOc1ccc(C)c(Cl)c1. The van der Waals surface area contributed by atoms with E-state index in [2.05, 4.69) is 7.28 Å². The van der Waals surface area contributed by atoms with E-state index in [1.54, 1.807) is 0 Å². The van der Waals surface area contributed by atoms with Crippen LogP contribution in [0.3, 0.4) is 0 Å². The Bertz CT molecular complexity index is 276. The number of aryl methyl sites for hydroxylation is 1. The molecule has 1 nitrogen and oxygen atoms in total. The Kier molecular flexibility index (Phi) is 4.17. The van der Waals surface area contributed by atoms with Crippen LogP contribution in [0.5, 0.6) is 5.75 Å². The van der Waals surface area contributed by atoms with Gasteiger partial charge in [-0.05, 0) is 30.9 Å². The Morgan fingerprint density at radius 3 is 2.85 bits per heavy atom. The van der Waals surface area contributed by atoms with Crippen molar-refractivity contribution in [3.8, 4) is 5.75 Å². The van der Waals surface area contributed by atoms with Gasteiger partial charge in [0.25, 0.3) is 0 Å². The molecule has 0 spiro atoms. The molecule has 0 aromatic heterocycles. The maximum absolute atomic E-state index is 5.94. The minimum absolute atomic E-state index is 0.718. The van der Waals surface area contributed by atoms with Gasteiger partial charge in [-0.2, -0.15) is 0 Å². The second-order valence-electron chi connectivity index (χ2n) is 2.96. The molecular formula is C10H13BClO. The van der Waals surface area contributed by atoms with E-state index in [1.807, 2.05) is 31.9 Å². The largest absolute Gasteiger partial charge is 0.494 e. The molecule has 0 aliphatic rings. The van der Waals surface area contributed by atoms with Gasteiger partial charge in [-0.3, -0.25) is 0 Å². The quantitative estimate of drug-likeness (QED) is 0.530. The van der Waals surface area contributed by atoms with Gasteiger partial charge in [-0.1, -0.05) is 24.5 Å². The van der Waals surface area contributed by atoms with E-state index in [0.717, 1.165) is 29.3 Å². The first-order valence-corrected chi connectivity index (χ1v) is 4.78. The van der Waals surface area contributed by atoms with Crippen LogP contribution in [0.2, 0.25) is 18.2 Å². The van der Waals surface area contributed by atoms with Crippen molar-refractivity contribution in [1.29, 1.82) is 0 Å². The maximum atomic E-state index is 5.94. The summed E-state index contributed by atoms with van der Waals surface area (Å²) in [5.41, 5.74) is 1.08. The fourth-order valence-electron chi connectivity index (χ4n) is 0.958. The number of hydrogen-bond acceptors (Lipinski definition) is 1. The van der Waals surface area contributed by atoms with Crippen LogP contribution in [0.4, 0.5) is 0 Å². The highest BCUT2D eigenvalue weighted by atomic mass is 35.5. The van der Waals surface area contributed by atoms with Crippen molar-refractivity contribution in [2.75, 3.05) is 6.61 Å². The van der Waals surface area contributed by atoms with Crippen LogP contribution in [-0.2, 0) is 0 Å². The van der Waals surface area contributed by atoms with Gasteiger partial charge in [-0.15, -0.1) is 0 Å². The van der Waals surface area contributed by atoms with Crippen LogP contribution in [-0.4, -0.2) is 13.9 Å². The highest BCUT2D eigenvalue weighted by Crippen LogP contribution is 2.21. The first kappa shape index (κ1) is 10.5. The lowest BCUT2D eigenvalue weighted by Crippen LogP contribution is -1.98. The lowest BCUT2D eigenvalue weighted by atomic mass is 9.79. The molecule has 0 fully saturated rings. The Morgan fingerprint density at radius 1 is 1.46 bits per heavy atom. The zero-order valence-corrected chi connectivity index (χ0v) is 8.77. The minimum atomic E-state index is 0.718. The molecule has 0 amide bonds. The van der Waals surface area contributed by atoms with Crippen molar-refractivity contribution in [2.45, 2.75) is 20.1 Å². The second kappa shape index (κ2) is 5.18. The standard InChI is InChI=1S/C10H13BClO/c1-8-3-4-9(7-10(8)12)13-6-5-11-2/h3-4,7H,5-6H2,1-2H3. The summed E-state index contributed by atoms with van der Waals surface area (Å²) in [5, 5.41) is 0.762. The van der Waals surface area contributed by atoms with Crippen LogP contribution in [0.15, 0.2) is 18.2 Å². The van der Waals surface area contributed by atoms with Crippen LogP contribution in [0.1, 0.15) is 5.56 Å². The van der Waals surface area contributed by atoms with Gasteiger partial charge in [0.1, 0.15) is 13.0 Å². The summed E-state index contributed by atoms with van der Waals surface area (Å²) in [7, 11) is 2.08. The fourth-order valence-corrected chi connectivity index (χ4v) is 1.13. The molecule has 0 saturated heterocycles. The van der Waals surface area contributed by atoms with E-state index in [-0.39, 0.29) is 0 Å². The molecule has 0 aliphatic heterocycles. The van der Waals surface area contributed by atoms with E-state index in [4.69, 9.17) is 16.3 Å². The van der Waals surface area contributed by atoms with E-state index < -0.39 is 0 Å². The molecule has 1 aromatic carbocycles. The molecule has 0 heterocycles. The van der Waals surface area contributed by atoms with Crippen molar-refractivity contribution in [3.05, 3.63) is 28.8 Å². The predicted molar refractivity (Wildman–Crippen MR) is 58.1 cm³/mol. The summed E-state index contributed by atoms with van der Waals surface area (Å²) >= 11 is 5.94. The van der Waals surface area contributed by atoms with Crippen molar-refractivity contribution < 1.29 is 4.74 Å². The maximum Gasteiger partial charge on any atom is 0.120 e. The van der Waals surface area contributed by atoms with Gasteiger partial charge in [0.15, 0.2) is 0 Å². The fraction of sp³-hybridized carbons (Fsp3) is 0.400. The number of halogens is 1. The first-order chi connectivity index (χ1) is 6.24. The molecule has 1 rings (SSSR count). The van der Waals surface area contributed by atoms with Gasteiger partial charge >= 0.3 is 0 Å². The van der Waals surface area contributed by atoms with Crippen LogP contribution in [0.25, 0.3) is 0 Å². The zero-order chi connectivity index (χ0) is 9.68. The van der Waals surface area contributed by atoms with E-state index in [1.165, 1.54) is 0 Å². The molecule has 0 unspecified atom stereocenters. The molecular weight excluding hydrogens is 182 g/mol. The van der Waals surface area contributed by atoms with Crippen molar-refractivity contribution in [2.24, 2.45) is 0 Å². The van der Waals surface area contributed by atoms with Gasteiger partial charge in [0, 0.05) is 5.02 Å². The molecule has 3 heteroatoms. The third-order valence-electron chi connectivity index (χ3n) is 1.82. The Morgan fingerprint density at radius 2 is 2.23 bits per heavy atom. The average molecular weight is 195 g/mol. The third-order valence-corrected chi connectivity index (χ3v) is 2.23. The molecule has 0 saturated carbocycles. The summed E-state index contributed by atoms with van der Waals surface area (Å²) in [6.45, 7) is 4.72. The number of benzene rings is 1. The summed E-state index contributed by atoms with van der Waals surface area (Å²) in [6, 6.07) is 5.76. The highest BCUT2D eigenvalue weighted by Gasteiger charge is 1.97. The third kappa shape index (κ3) is 3.31.